The Kier molecular flexibility index (Phi) is 6.33. The van der Waals surface area contributed by atoms with Gasteiger partial charge in [0.2, 0.25) is 0 Å². The molecule has 2 aliphatic heterocycles. The van der Waals surface area contributed by atoms with Crippen LogP contribution in [-0.2, 0) is 16.1 Å². The number of benzene rings is 2. The normalized spacial score (nSPS) is 21.6. The molecule has 2 saturated heterocycles. The number of likely N-dealkylation sites (tertiary alicyclic amines) is 2. The SMILES string of the molecule is COC(=O)c1ccc([C@@H]2CC(N3CCC3)CCN2C(=O)OCc2ccccc2)cc1. The fourth-order valence-corrected chi connectivity index (χ4v) is 4.28. The molecule has 1 amide bonds. The summed E-state index contributed by atoms with van der Waals surface area (Å²) < 4.78 is 10.4. The van der Waals surface area contributed by atoms with Crippen LogP contribution in [0.2, 0.25) is 0 Å². The van der Waals surface area contributed by atoms with E-state index in [2.05, 4.69) is 4.90 Å². The van der Waals surface area contributed by atoms with Crippen molar-refractivity contribution < 1.29 is 19.1 Å². The van der Waals surface area contributed by atoms with E-state index in [1.54, 1.807) is 12.1 Å². The summed E-state index contributed by atoms with van der Waals surface area (Å²) in [5.74, 6) is -0.359. The number of carbonyl (C=O) groups excluding carboxylic acids is 2. The summed E-state index contributed by atoms with van der Waals surface area (Å²) >= 11 is 0. The summed E-state index contributed by atoms with van der Waals surface area (Å²) in [6.07, 6.45) is 2.79. The van der Waals surface area contributed by atoms with Gasteiger partial charge in [-0.3, -0.25) is 0 Å². The Morgan fingerprint density at radius 2 is 1.73 bits per heavy atom. The van der Waals surface area contributed by atoms with Gasteiger partial charge in [0.15, 0.2) is 0 Å². The van der Waals surface area contributed by atoms with Crippen LogP contribution in [-0.4, -0.2) is 54.6 Å². The fraction of sp³-hybridized carbons (Fsp3) is 0.417. The molecule has 0 saturated carbocycles. The molecule has 1 unspecified atom stereocenters. The number of rotatable bonds is 5. The van der Waals surface area contributed by atoms with E-state index in [-0.39, 0.29) is 24.7 Å². The van der Waals surface area contributed by atoms with Crippen LogP contribution in [0.3, 0.4) is 0 Å². The summed E-state index contributed by atoms with van der Waals surface area (Å²) in [4.78, 5) is 29.1. The highest BCUT2D eigenvalue weighted by atomic mass is 16.6. The molecule has 2 fully saturated rings. The molecular formula is C24H28N2O4. The lowest BCUT2D eigenvalue weighted by Gasteiger charge is -2.46. The molecule has 2 aromatic carbocycles. The van der Waals surface area contributed by atoms with Crippen LogP contribution in [0.25, 0.3) is 0 Å². The highest BCUT2D eigenvalue weighted by molar-refractivity contribution is 5.89. The zero-order valence-corrected chi connectivity index (χ0v) is 17.3. The number of hydrogen-bond donors (Lipinski definition) is 0. The first-order valence-corrected chi connectivity index (χ1v) is 10.6. The average Bonchev–Trinajstić information content (AvgIpc) is 2.76. The van der Waals surface area contributed by atoms with Gasteiger partial charge in [0.05, 0.1) is 18.7 Å². The van der Waals surface area contributed by atoms with Gasteiger partial charge in [-0.2, -0.15) is 0 Å². The number of nitrogens with zero attached hydrogens (tertiary/aromatic N) is 2. The minimum absolute atomic E-state index is 0.0701. The molecule has 2 heterocycles. The van der Waals surface area contributed by atoms with E-state index in [4.69, 9.17) is 9.47 Å². The first kappa shape index (κ1) is 20.4. The standard InChI is InChI=1S/C24H28N2O4/c1-29-23(27)20-10-8-19(9-11-20)22-16-21(25-13-5-14-25)12-15-26(22)24(28)30-17-18-6-3-2-4-7-18/h2-4,6-11,21-22H,5,12-17H2,1H3/t21?,22-/m0/s1. The van der Waals surface area contributed by atoms with Crippen molar-refractivity contribution in [2.45, 2.75) is 38.0 Å². The van der Waals surface area contributed by atoms with E-state index in [0.29, 0.717) is 18.2 Å². The van der Waals surface area contributed by atoms with Crippen LogP contribution in [0.4, 0.5) is 4.79 Å². The molecule has 4 rings (SSSR count). The van der Waals surface area contributed by atoms with Gasteiger partial charge in [0, 0.05) is 12.6 Å². The minimum atomic E-state index is -0.359. The number of esters is 1. The Balaban J connectivity index is 1.50. The Labute approximate surface area is 177 Å². The third kappa shape index (κ3) is 4.49. The monoisotopic (exact) mass is 408 g/mol. The van der Waals surface area contributed by atoms with Gasteiger partial charge < -0.3 is 19.3 Å². The minimum Gasteiger partial charge on any atom is -0.465 e. The van der Waals surface area contributed by atoms with Crippen LogP contribution in [0.5, 0.6) is 0 Å². The molecule has 2 aromatic rings. The predicted molar refractivity (Wildman–Crippen MR) is 113 cm³/mol. The smallest absolute Gasteiger partial charge is 0.410 e. The number of amides is 1. The molecule has 6 heteroatoms. The third-order valence-corrected chi connectivity index (χ3v) is 6.14. The van der Waals surface area contributed by atoms with Gasteiger partial charge in [-0.25, -0.2) is 9.59 Å². The molecule has 6 nitrogen and oxygen atoms in total. The van der Waals surface area contributed by atoms with Crippen molar-refractivity contribution in [3.63, 3.8) is 0 Å². The summed E-state index contributed by atoms with van der Waals surface area (Å²) in [5.41, 5.74) is 2.50. The van der Waals surface area contributed by atoms with E-state index in [1.165, 1.54) is 13.5 Å². The molecule has 0 N–H and O–H groups in total. The second kappa shape index (κ2) is 9.30. The van der Waals surface area contributed by atoms with Crippen molar-refractivity contribution in [3.8, 4) is 0 Å². The zero-order valence-electron chi connectivity index (χ0n) is 17.3. The number of ether oxygens (including phenoxy) is 2. The Morgan fingerprint density at radius 1 is 1.00 bits per heavy atom. The molecule has 0 radical (unpaired) electrons. The van der Waals surface area contributed by atoms with E-state index in [9.17, 15) is 9.59 Å². The van der Waals surface area contributed by atoms with Crippen molar-refractivity contribution >= 4 is 12.1 Å². The quantitative estimate of drug-likeness (QED) is 0.700. The van der Waals surface area contributed by atoms with Crippen LogP contribution in [0, 0.1) is 0 Å². The van der Waals surface area contributed by atoms with Gasteiger partial charge in [0.25, 0.3) is 0 Å². The highest BCUT2D eigenvalue weighted by Gasteiger charge is 2.37. The van der Waals surface area contributed by atoms with Gasteiger partial charge in [-0.15, -0.1) is 0 Å². The van der Waals surface area contributed by atoms with E-state index >= 15 is 0 Å². The Hall–Kier alpha value is -2.86. The van der Waals surface area contributed by atoms with Gasteiger partial charge in [0.1, 0.15) is 6.61 Å². The first-order valence-electron chi connectivity index (χ1n) is 10.6. The zero-order chi connectivity index (χ0) is 20.9. The summed E-state index contributed by atoms with van der Waals surface area (Å²) in [6.45, 7) is 3.20. The number of methoxy groups -OCH3 is 1. The molecule has 0 aliphatic carbocycles. The maximum atomic E-state index is 13.0. The van der Waals surface area contributed by atoms with Gasteiger partial charge >= 0.3 is 12.1 Å². The summed E-state index contributed by atoms with van der Waals surface area (Å²) in [7, 11) is 1.37. The van der Waals surface area contributed by atoms with Crippen LogP contribution < -0.4 is 0 Å². The predicted octanol–water partition coefficient (Wildman–Crippen LogP) is 4.02. The number of piperidine rings is 1. The largest absolute Gasteiger partial charge is 0.465 e. The van der Waals surface area contributed by atoms with Crippen LogP contribution in [0.15, 0.2) is 54.6 Å². The maximum absolute atomic E-state index is 13.0. The van der Waals surface area contributed by atoms with Crippen molar-refractivity contribution in [1.82, 2.24) is 9.80 Å². The molecule has 2 aliphatic rings. The Bertz CT molecular complexity index is 865. The van der Waals surface area contributed by atoms with Crippen LogP contribution in [0.1, 0.15) is 46.8 Å². The number of carbonyl (C=O) groups is 2. The summed E-state index contributed by atoms with van der Waals surface area (Å²) in [6, 6.07) is 17.5. The topological polar surface area (TPSA) is 59.1 Å². The third-order valence-electron chi connectivity index (χ3n) is 6.14. The van der Waals surface area contributed by atoms with E-state index in [0.717, 1.165) is 37.1 Å². The van der Waals surface area contributed by atoms with Gasteiger partial charge in [-0.05, 0) is 55.6 Å². The van der Waals surface area contributed by atoms with Gasteiger partial charge in [-0.1, -0.05) is 42.5 Å². The number of hydrogen-bond acceptors (Lipinski definition) is 5. The average molecular weight is 408 g/mol. The van der Waals surface area contributed by atoms with Crippen molar-refractivity contribution in [3.05, 3.63) is 71.3 Å². The highest BCUT2D eigenvalue weighted by Crippen LogP contribution is 2.35. The van der Waals surface area contributed by atoms with E-state index in [1.807, 2.05) is 47.4 Å². The summed E-state index contributed by atoms with van der Waals surface area (Å²) in [5, 5.41) is 0. The van der Waals surface area contributed by atoms with Crippen molar-refractivity contribution in [1.29, 1.82) is 0 Å². The van der Waals surface area contributed by atoms with E-state index < -0.39 is 0 Å². The molecule has 158 valence electrons. The lowest BCUT2D eigenvalue weighted by Crippen LogP contribution is -2.52. The Morgan fingerprint density at radius 3 is 2.37 bits per heavy atom. The molecule has 30 heavy (non-hydrogen) atoms. The second-order valence-electron chi connectivity index (χ2n) is 7.93. The maximum Gasteiger partial charge on any atom is 0.410 e. The lowest BCUT2D eigenvalue weighted by atomic mass is 9.89. The fourth-order valence-electron chi connectivity index (χ4n) is 4.28. The molecule has 0 bridgehead atoms. The first-order chi connectivity index (χ1) is 14.7. The van der Waals surface area contributed by atoms with Crippen molar-refractivity contribution in [2.75, 3.05) is 26.7 Å². The molecule has 0 aromatic heterocycles. The molecule has 2 atom stereocenters. The van der Waals surface area contributed by atoms with Crippen molar-refractivity contribution in [2.24, 2.45) is 0 Å². The van der Waals surface area contributed by atoms with Crippen LogP contribution >= 0.6 is 0 Å². The molecular weight excluding hydrogens is 380 g/mol. The molecule has 0 spiro atoms. The second-order valence-corrected chi connectivity index (χ2v) is 7.93. The lowest BCUT2D eigenvalue weighted by molar-refractivity contribution is 0.0219.